The fraction of sp³-hybridized carbons (Fsp3) is 0.455. The quantitative estimate of drug-likeness (QED) is 0.763. The predicted octanol–water partition coefficient (Wildman–Crippen LogP) is 1.30. The first-order chi connectivity index (χ1) is 14.5. The molecular formula is C22H27N5O3. The highest BCUT2D eigenvalue weighted by molar-refractivity contribution is 5.95. The number of fused-ring (bicyclic) bond motifs is 1. The molecule has 0 aliphatic carbocycles. The van der Waals surface area contributed by atoms with Gasteiger partial charge in [-0.2, -0.15) is 5.10 Å². The average Bonchev–Trinajstić information content (AvgIpc) is 3.10. The van der Waals surface area contributed by atoms with Crippen molar-refractivity contribution < 1.29 is 14.4 Å². The molecule has 2 fully saturated rings. The summed E-state index contributed by atoms with van der Waals surface area (Å²) < 4.78 is 1.71. The number of aromatic nitrogens is 2. The number of nitrogens with zero attached hydrogens (tertiary/aromatic N) is 5. The Labute approximate surface area is 176 Å². The minimum absolute atomic E-state index is 0.0410. The molecular weight excluding hydrogens is 382 g/mol. The molecule has 2 saturated heterocycles. The second-order valence-corrected chi connectivity index (χ2v) is 7.92. The van der Waals surface area contributed by atoms with Crippen LogP contribution in [0.5, 0.6) is 0 Å². The van der Waals surface area contributed by atoms with E-state index in [1.165, 1.54) is 0 Å². The molecule has 4 rings (SSSR count). The first kappa shape index (κ1) is 20.1. The van der Waals surface area contributed by atoms with Crippen LogP contribution in [0.15, 0.2) is 36.5 Å². The van der Waals surface area contributed by atoms with Crippen molar-refractivity contribution in [1.29, 1.82) is 0 Å². The largest absolute Gasteiger partial charge is 0.335 e. The van der Waals surface area contributed by atoms with Gasteiger partial charge in [0.25, 0.3) is 5.91 Å². The summed E-state index contributed by atoms with van der Waals surface area (Å²) in [6, 6.07) is 9.18. The standard InChI is InChI=1S/C22H27N5O3/c1-3-26-10-7-18(23-26)21(29)24-9-8-19-22(30)25(15-20(28)27(19)12-11-24)14-17-6-4-5-16(2)13-17/h4-7,10,13,19H,3,8-9,11-12,14-15H2,1-2H3/t19-/m0/s1. The van der Waals surface area contributed by atoms with Crippen LogP contribution < -0.4 is 0 Å². The van der Waals surface area contributed by atoms with E-state index in [0.717, 1.165) is 11.1 Å². The number of amides is 3. The SMILES string of the molecule is CCn1ccc(C(=O)N2CC[C@H]3C(=O)N(Cc4cccc(C)c4)CC(=O)N3CC2)n1. The van der Waals surface area contributed by atoms with E-state index in [4.69, 9.17) is 0 Å². The molecule has 0 saturated carbocycles. The fourth-order valence-electron chi connectivity index (χ4n) is 4.21. The van der Waals surface area contributed by atoms with E-state index >= 15 is 0 Å². The zero-order valence-electron chi connectivity index (χ0n) is 17.5. The summed E-state index contributed by atoms with van der Waals surface area (Å²) >= 11 is 0. The van der Waals surface area contributed by atoms with Gasteiger partial charge in [-0.15, -0.1) is 0 Å². The topological polar surface area (TPSA) is 78.8 Å². The van der Waals surface area contributed by atoms with Gasteiger partial charge in [0, 0.05) is 38.9 Å². The molecule has 1 aromatic carbocycles. The monoisotopic (exact) mass is 409 g/mol. The number of carbonyl (C=O) groups excluding carboxylic acids is 3. The molecule has 0 bridgehead atoms. The molecule has 2 aliphatic rings. The van der Waals surface area contributed by atoms with Crippen molar-refractivity contribution in [2.45, 2.75) is 39.4 Å². The molecule has 8 nitrogen and oxygen atoms in total. The first-order valence-corrected chi connectivity index (χ1v) is 10.4. The molecule has 2 aromatic rings. The third kappa shape index (κ3) is 3.94. The van der Waals surface area contributed by atoms with Crippen molar-refractivity contribution in [3.05, 3.63) is 53.3 Å². The normalized spacial score (nSPS) is 19.7. The minimum Gasteiger partial charge on any atom is -0.335 e. The summed E-state index contributed by atoms with van der Waals surface area (Å²) in [4.78, 5) is 43.8. The lowest BCUT2D eigenvalue weighted by Crippen LogP contribution is -2.59. The molecule has 0 unspecified atom stereocenters. The molecule has 3 amide bonds. The van der Waals surface area contributed by atoms with Gasteiger partial charge in [-0.1, -0.05) is 29.8 Å². The lowest BCUT2D eigenvalue weighted by atomic mass is 10.1. The van der Waals surface area contributed by atoms with Crippen molar-refractivity contribution >= 4 is 17.7 Å². The van der Waals surface area contributed by atoms with Crippen molar-refractivity contribution in [3.8, 4) is 0 Å². The predicted molar refractivity (Wildman–Crippen MR) is 111 cm³/mol. The molecule has 2 aliphatic heterocycles. The molecule has 0 radical (unpaired) electrons. The second-order valence-electron chi connectivity index (χ2n) is 7.92. The summed E-state index contributed by atoms with van der Waals surface area (Å²) in [5.74, 6) is -0.254. The van der Waals surface area contributed by atoms with Crippen LogP contribution in [0.1, 0.15) is 35.0 Å². The zero-order valence-corrected chi connectivity index (χ0v) is 17.5. The van der Waals surface area contributed by atoms with E-state index in [9.17, 15) is 14.4 Å². The van der Waals surface area contributed by atoms with Crippen LogP contribution in [0.2, 0.25) is 0 Å². The van der Waals surface area contributed by atoms with E-state index in [-0.39, 0.29) is 24.3 Å². The lowest BCUT2D eigenvalue weighted by molar-refractivity contribution is -0.156. The summed E-state index contributed by atoms with van der Waals surface area (Å²) in [6.07, 6.45) is 2.22. The van der Waals surface area contributed by atoms with E-state index in [0.29, 0.717) is 44.8 Å². The summed E-state index contributed by atoms with van der Waals surface area (Å²) in [5, 5.41) is 4.29. The highest BCUT2D eigenvalue weighted by Crippen LogP contribution is 2.22. The van der Waals surface area contributed by atoms with Gasteiger partial charge in [0.2, 0.25) is 11.8 Å². The number of hydrogen-bond acceptors (Lipinski definition) is 4. The number of hydrogen-bond donors (Lipinski definition) is 0. The van der Waals surface area contributed by atoms with Crippen LogP contribution in [0.4, 0.5) is 0 Å². The van der Waals surface area contributed by atoms with Crippen LogP contribution in [0, 0.1) is 6.92 Å². The molecule has 3 heterocycles. The lowest BCUT2D eigenvalue weighted by Gasteiger charge is -2.39. The average molecular weight is 409 g/mol. The first-order valence-electron chi connectivity index (χ1n) is 10.4. The molecule has 1 atom stereocenters. The molecule has 1 aromatic heterocycles. The Hall–Kier alpha value is -3.16. The maximum absolute atomic E-state index is 13.1. The fourth-order valence-corrected chi connectivity index (χ4v) is 4.21. The van der Waals surface area contributed by atoms with E-state index < -0.39 is 6.04 Å². The molecule has 158 valence electrons. The third-order valence-corrected chi connectivity index (χ3v) is 5.83. The van der Waals surface area contributed by atoms with Gasteiger partial charge in [-0.3, -0.25) is 19.1 Å². The van der Waals surface area contributed by atoms with Gasteiger partial charge >= 0.3 is 0 Å². The smallest absolute Gasteiger partial charge is 0.274 e. The van der Waals surface area contributed by atoms with Gasteiger partial charge in [0.05, 0.1) is 0 Å². The molecule has 0 N–H and O–H groups in total. The van der Waals surface area contributed by atoms with Crippen LogP contribution >= 0.6 is 0 Å². The van der Waals surface area contributed by atoms with Gasteiger partial charge in [0.15, 0.2) is 0 Å². The molecule has 0 spiro atoms. The number of piperazine rings is 1. The summed E-state index contributed by atoms with van der Waals surface area (Å²) in [5.41, 5.74) is 2.54. The van der Waals surface area contributed by atoms with Gasteiger partial charge in [-0.05, 0) is 31.9 Å². The number of carbonyl (C=O) groups is 3. The highest BCUT2D eigenvalue weighted by atomic mass is 16.2. The van der Waals surface area contributed by atoms with Crippen LogP contribution in [-0.2, 0) is 22.7 Å². The molecule has 8 heteroatoms. The van der Waals surface area contributed by atoms with Crippen molar-refractivity contribution in [2.24, 2.45) is 0 Å². The Balaban J connectivity index is 1.46. The summed E-state index contributed by atoms with van der Waals surface area (Å²) in [7, 11) is 0. The number of aryl methyl sites for hydroxylation is 2. The number of rotatable bonds is 4. The van der Waals surface area contributed by atoms with Gasteiger partial charge in [-0.25, -0.2) is 0 Å². The highest BCUT2D eigenvalue weighted by Gasteiger charge is 2.41. The third-order valence-electron chi connectivity index (χ3n) is 5.83. The molecule has 30 heavy (non-hydrogen) atoms. The maximum Gasteiger partial charge on any atom is 0.274 e. The van der Waals surface area contributed by atoms with Crippen molar-refractivity contribution in [3.63, 3.8) is 0 Å². The number of benzene rings is 1. The minimum atomic E-state index is -0.512. The van der Waals surface area contributed by atoms with Crippen LogP contribution in [-0.4, -0.2) is 74.4 Å². The van der Waals surface area contributed by atoms with E-state index in [2.05, 4.69) is 5.10 Å². The maximum atomic E-state index is 13.1. The Kier molecular flexibility index (Phi) is 5.57. The van der Waals surface area contributed by atoms with Crippen molar-refractivity contribution in [2.75, 3.05) is 26.2 Å². The Morgan fingerprint density at radius 3 is 2.73 bits per heavy atom. The van der Waals surface area contributed by atoms with Gasteiger partial charge in [0.1, 0.15) is 18.3 Å². The van der Waals surface area contributed by atoms with E-state index in [1.54, 1.807) is 31.6 Å². The van der Waals surface area contributed by atoms with Crippen LogP contribution in [0.3, 0.4) is 0 Å². The van der Waals surface area contributed by atoms with Crippen molar-refractivity contribution in [1.82, 2.24) is 24.5 Å². The second kappa shape index (κ2) is 8.30. The Morgan fingerprint density at radius 1 is 1.17 bits per heavy atom. The zero-order chi connectivity index (χ0) is 21.3. The Morgan fingerprint density at radius 2 is 2.00 bits per heavy atom. The van der Waals surface area contributed by atoms with Gasteiger partial charge < -0.3 is 14.7 Å². The Bertz CT molecular complexity index is 969. The summed E-state index contributed by atoms with van der Waals surface area (Å²) in [6.45, 7) is 6.38. The van der Waals surface area contributed by atoms with E-state index in [1.807, 2.05) is 38.1 Å². The van der Waals surface area contributed by atoms with Crippen LogP contribution in [0.25, 0.3) is 0 Å².